The molecule has 1 aromatic heterocycles. The van der Waals surface area contributed by atoms with Crippen molar-refractivity contribution in [1.29, 1.82) is 0 Å². The number of ether oxygens (including phenoxy) is 2. The van der Waals surface area contributed by atoms with Crippen LogP contribution in [0.3, 0.4) is 0 Å². The van der Waals surface area contributed by atoms with Crippen molar-refractivity contribution in [2.75, 3.05) is 19.7 Å². The van der Waals surface area contributed by atoms with Crippen LogP contribution >= 0.6 is 0 Å². The van der Waals surface area contributed by atoms with Crippen LogP contribution in [0.25, 0.3) is 11.0 Å². The number of rotatable bonds is 9. The van der Waals surface area contributed by atoms with Crippen molar-refractivity contribution in [3.8, 4) is 17.5 Å². The van der Waals surface area contributed by atoms with Crippen LogP contribution in [0.15, 0.2) is 48.5 Å². The summed E-state index contributed by atoms with van der Waals surface area (Å²) in [7, 11) is 0. The van der Waals surface area contributed by atoms with E-state index in [1.54, 1.807) is 0 Å². The smallest absolute Gasteiger partial charge is 0.300 e. The standard InChI is InChI=1S/C23H29N3O2/c1-2-6-18(7-3-1)14-15-24-16-17-27-19-10-12-20(13-11-19)28-23-25-21-8-4-5-9-22(21)26-23/h4-5,8-13,18,24H,1-3,6-7,14-17H2,(H,25,26). The van der Waals surface area contributed by atoms with Crippen LogP contribution < -0.4 is 14.8 Å². The molecule has 4 rings (SSSR count). The highest BCUT2D eigenvalue weighted by atomic mass is 16.5. The molecule has 0 unspecified atom stereocenters. The Morgan fingerprint density at radius 3 is 2.54 bits per heavy atom. The number of benzene rings is 2. The van der Waals surface area contributed by atoms with E-state index >= 15 is 0 Å². The molecule has 148 valence electrons. The average molecular weight is 380 g/mol. The van der Waals surface area contributed by atoms with Crippen molar-refractivity contribution in [3.05, 3.63) is 48.5 Å². The van der Waals surface area contributed by atoms with E-state index in [0.717, 1.165) is 41.5 Å². The van der Waals surface area contributed by atoms with E-state index in [1.165, 1.54) is 38.5 Å². The van der Waals surface area contributed by atoms with Crippen LogP contribution in [0, 0.1) is 5.92 Å². The van der Waals surface area contributed by atoms with Crippen molar-refractivity contribution in [2.45, 2.75) is 38.5 Å². The fourth-order valence-electron chi connectivity index (χ4n) is 3.84. The maximum atomic E-state index is 5.81. The predicted octanol–water partition coefficient (Wildman–Crippen LogP) is 5.29. The summed E-state index contributed by atoms with van der Waals surface area (Å²) < 4.78 is 11.6. The van der Waals surface area contributed by atoms with E-state index in [9.17, 15) is 0 Å². The molecule has 0 spiro atoms. The number of imidazole rings is 1. The van der Waals surface area contributed by atoms with Gasteiger partial charge in [-0.05, 0) is 55.3 Å². The highest BCUT2D eigenvalue weighted by Gasteiger charge is 2.12. The summed E-state index contributed by atoms with van der Waals surface area (Å²) in [6.07, 6.45) is 8.41. The number of nitrogens with one attached hydrogen (secondary N) is 2. The first-order chi connectivity index (χ1) is 13.9. The molecular weight excluding hydrogens is 350 g/mol. The summed E-state index contributed by atoms with van der Waals surface area (Å²) >= 11 is 0. The number of hydrogen-bond donors (Lipinski definition) is 2. The van der Waals surface area contributed by atoms with Crippen LogP contribution in [0.5, 0.6) is 17.5 Å². The van der Waals surface area contributed by atoms with Crippen molar-refractivity contribution < 1.29 is 9.47 Å². The first-order valence-corrected chi connectivity index (χ1v) is 10.4. The minimum Gasteiger partial charge on any atom is -0.492 e. The Bertz CT molecular complexity index is 821. The van der Waals surface area contributed by atoms with Gasteiger partial charge >= 0.3 is 0 Å². The van der Waals surface area contributed by atoms with E-state index in [0.29, 0.717) is 12.6 Å². The van der Waals surface area contributed by atoms with Gasteiger partial charge in [0.2, 0.25) is 0 Å². The third-order valence-electron chi connectivity index (χ3n) is 5.41. The number of aromatic amines is 1. The molecule has 0 saturated heterocycles. The summed E-state index contributed by atoms with van der Waals surface area (Å²) in [5, 5.41) is 3.50. The minimum atomic E-state index is 0.497. The zero-order valence-corrected chi connectivity index (χ0v) is 16.3. The molecule has 0 atom stereocenters. The van der Waals surface area contributed by atoms with Gasteiger partial charge in [0, 0.05) is 6.54 Å². The Kier molecular flexibility index (Phi) is 6.45. The molecule has 1 aliphatic rings. The van der Waals surface area contributed by atoms with Gasteiger partial charge < -0.3 is 19.8 Å². The Labute approximate surface area is 166 Å². The molecule has 2 N–H and O–H groups in total. The van der Waals surface area contributed by atoms with E-state index in [4.69, 9.17) is 9.47 Å². The molecule has 1 heterocycles. The SMILES string of the molecule is c1ccc2[nH]c(Oc3ccc(OCCNCCC4CCCCC4)cc3)nc2c1. The maximum Gasteiger partial charge on any atom is 0.300 e. The summed E-state index contributed by atoms with van der Waals surface area (Å²) in [5.41, 5.74) is 1.86. The molecule has 0 bridgehead atoms. The van der Waals surface area contributed by atoms with Gasteiger partial charge in [0.1, 0.15) is 18.1 Å². The van der Waals surface area contributed by atoms with Crippen LogP contribution in [0.1, 0.15) is 38.5 Å². The zero-order valence-electron chi connectivity index (χ0n) is 16.3. The fraction of sp³-hybridized carbons (Fsp3) is 0.435. The molecule has 5 heteroatoms. The van der Waals surface area contributed by atoms with Crippen molar-refractivity contribution in [1.82, 2.24) is 15.3 Å². The van der Waals surface area contributed by atoms with Gasteiger partial charge in [-0.25, -0.2) is 0 Å². The quantitative estimate of drug-likeness (QED) is 0.496. The van der Waals surface area contributed by atoms with Crippen molar-refractivity contribution in [3.63, 3.8) is 0 Å². The number of para-hydroxylation sites is 2. The Morgan fingerprint density at radius 1 is 0.929 bits per heavy atom. The fourth-order valence-corrected chi connectivity index (χ4v) is 3.84. The Hall–Kier alpha value is -2.53. The lowest BCUT2D eigenvalue weighted by molar-refractivity contribution is 0.301. The highest BCUT2D eigenvalue weighted by Crippen LogP contribution is 2.26. The second kappa shape index (κ2) is 9.60. The molecule has 28 heavy (non-hydrogen) atoms. The molecule has 2 aromatic carbocycles. The molecule has 1 saturated carbocycles. The van der Waals surface area contributed by atoms with Gasteiger partial charge in [0.15, 0.2) is 0 Å². The second-order valence-electron chi connectivity index (χ2n) is 7.52. The monoisotopic (exact) mass is 379 g/mol. The van der Waals surface area contributed by atoms with Gasteiger partial charge in [0.25, 0.3) is 6.01 Å². The summed E-state index contributed by atoms with van der Waals surface area (Å²) in [6.45, 7) is 2.65. The Morgan fingerprint density at radius 2 is 1.71 bits per heavy atom. The van der Waals surface area contributed by atoms with Crippen LogP contribution in [0.2, 0.25) is 0 Å². The first-order valence-electron chi connectivity index (χ1n) is 10.4. The molecule has 1 fully saturated rings. The third kappa shape index (κ3) is 5.26. The van der Waals surface area contributed by atoms with E-state index in [1.807, 2.05) is 48.5 Å². The number of nitrogens with zero attached hydrogens (tertiary/aromatic N) is 1. The molecule has 1 aliphatic carbocycles. The van der Waals surface area contributed by atoms with Crippen LogP contribution in [0.4, 0.5) is 0 Å². The number of H-pyrrole nitrogens is 1. The Balaban J connectivity index is 1.16. The lowest BCUT2D eigenvalue weighted by Gasteiger charge is -2.21. The van der Waals surface area contributed by atoms with Gasteiger partial charge in [-0.15, -0.1) is 0 Å². The number of aromatic nitrogens is 2. The molecule has 0 amide bonds. The molecule has 0 radical (unpaired) electrons. The molecular formula is C23H29N3O2. The molecule has 5 nitrogen and oxygen atoms in total. The average Bonchev–Trinajstić information content (AvgIpc) is 3.15. The zero-order chi connectivity index (χ0) is 19.0. The lowest BCUT2D eigenvalue weighted by Crippen LogP contribution is -2.24. The van der Waals surface area contributed by atoms with Gasteiger partial charge in [0.05, 0.1) is 11.0 Å². The molecule has 0 aliphatic heterocycles. The third-order valence-corrected chi connectivity index (χ3v) is 5.41. The van der Waals surface area contributed by atoms with E-state index in [2.05, 4.69) is 15.3 Å². The summed E-state index contributed by atoms with van der Waals surface area (Å²) in [5.74, 6) is 2.52. The minimum absolute atomic E-state index is 0.497. The summed E-state index contributed by atoms with van der Waals surface area (Å²) in [6, 6.07) is 16.0. The number of hydrogen-bond acceptors (Lipinski definition) is 4. The predicted molar refractivity (Wildman–Crippen MR) is 112 cm³/mol. The highest BCUT2D eigenvalue weighted by molar-refractivity contribution is 5.75. The van der Waals surface area contributed by atoms with Gasteiger partial charge in [-0.1, -0.05) is 44.2 Å². The maximum absolute atomic E-state index is 5.81. The summed E-state index contributed by atoms with van der Waals surface area (Å²) in [4.78, 5) is 7.59. The van der Waals surface area contributed by atoms with Crippen LogP contribution in [-0.4, -0.2) is 29.7 Å². The topological polar surface area (TPSA) is 59.2 Å². The van der Waals surface area contributed by atoms with E-state index in [-0.39, 0.29) is 0 Å². The first kappa shape index (κ1) is 18.8. The van der Waals surface area contributed by atoms with Crippen LogP contribution in [-0.2, 0) is 0 Å². The normalized spacial score (nSPS) is 15.0. The molecule has 3 aromatic rings. The largest absolute Gasteiger partial charge is 0.492 e. The van der Waals surface area contributed by atoms with Gasteiger partial charge in [-0.2, -0.15) is 4.98 Å². The second-order valence-corrected chi connectivity index (χ2v) is 7.52. The van der Waals surface area contributed by atoms with E-state index < -0.39 is 0 Å². The lowest BCUT2D eigenvalue weighted by atomic mass is 9.87. The van der Waals surface area contributed by atoms with Gasteiger partial charge in [-0.3, -0.25) is 0 Å². The van der Waals surface area contributed by atoms with Crippen molar-refractivity contribution in [2.24, 2.45) is 5.92 Å². The number of fused-ring (bicyclic) bond motifs is 1. The van der Waals surface area contributed by atoms with Crippen molar-refractivity contribution >= 4 is 11.0 Å².